The molecule has 0 aliphatic carbocycles. The van der Waals surface area contributed by atoms with Crippen molar-refractivity contribution in [1.82, 2.24) is 15.2 Å². The molecule has 2 heterocycles. The number of carbonyl (C=O) groups is 1. The summed E-state index contributed by atoms with van der Waals surface area (Å²) in [6.07, 6.45) is 1.52. The number of aromatic nitrogens is 3. The highest BCUT2D eigenvalue weighted by molar-refractivity contribution is 9.10. The van der Waals surface area contributed by atoms with Crippen LogP contribution in [0, 0.1) is 0 Å². The molecule has 0 aliphatic heterocycles. The molecule has 6 heteroatoms. The van der Waals surface area contributed by atoms with E-state index in [0.717, 1.165) is 9.99 Å². The van der Waals surface area contributed by atoms with E-state index >= 15 is 0 Å². The Kier molecular flexibility index (Phi) is 2.20. The molecule has 0 aliphatic rings. The SMILES string of the molecule is COC(=O)c1cc2c(Br)[nH]nc2cn1. The van der Waals surface area contributed by atoms with Crippen molar-refractivity contribution >= 4 is 32.8 Å². The summed E-state index contributed by atoms with van der Waals surface area (Å²) >= 11 is 3.27. The second-order valence-electron chi connectivity index (χ2n) is 2.62. The summed E-state index contributed by atoms with van der Waals surface area (Å²) in [5.74, 6) is -0.458. The lowest BCUT2D eigenvalue weighted by atomic mass is 10.3. The zero-order valence-corrected chi connectivity index (χ0v) is 8.83. The van der Waals surface area contributed by atoms with Crippen LogP contribution in [0.4, 0.5) is 0 Å². The van der Waals surface area contributed by atoms with Crippen LogP contribution in [0.3, 0.4) is 0 Å². The van der Waals surface area contributed by atoms with Gasteiger partial charge in [-0.25, -0.2) is 9.78 Å². The number of halogens is 1. The Hall–Kier alpha value is -1.43. The van der Waals surface area contributed by atoms with E-state index in [1.165, 1.54) is 13.3 Å². The van der Waals surface area contributed by atoms with Gasteiger partial charge in [-0.3, -0.25) is 5.10 Å². The smallest absolute Gasteiger partial charge is 0.356 e. The van der Waals surface area contributed by atoms with E-state index in [2.05, 4.69) is 35.8 Å². The normalized spacial score (nSPS) is 10.4. The fourth-order valence-electron chi connectivity index (χ4n) is 1.10. The molecule has 2 aromatic heterocycles. The molecule has 0 atom stereocenters. The van der Waals surface area contributed by atoms with Crippen molar-refractivity contribution in [2.75, 3.05) is 7.11 Å². The zero-order chi connectivity index (χ0) is 10.1. The Morgan fingerprint density at radius 2 is 2.43 bits per heavy atom. The van der Waals surface area contributed by atoms with Crippen LogP contribution in [-0.4, -0.2) is 28.3 Å². The average Bonchev–Trinajstić information content (AvgIpc) is 2.59. The van der Waals surface area contributed by atoms with Crippen molar-refractivity contribution in [1.29, 1.82) is 0 Å². The van der Waals surface area contributed by atoms with Crippen molar-refractivity contribution in [2.45, 2.75) is 0 Å². The fraction of sp³-hybridized carbons (Fsp3) is 0.125. The molecule has 2 rings (SSSR count). The van der Waals surface area contributed by atoms with Gasteiger partial charge in [-0.2, -0.15) is 5.10 Å². The van der Waals surface area contributed by atoms with Crippen LogP contribution in [0.25, 0.3) is 10.9 Å². The molecule has 0 aromatic carbocycles. The molecular formula is C8H6BrN3O2. The molecule has 72 valence electrons. The largest absolute Gasteiger partial charge is 0.464 e. The number of rotatable bonds is 1. The molecule has 1 N–H and O–H groups in total. The second-order valence-corrected chi connectivity index (χ2v) is 3.41. The van der Waals surface area contributed by atoms with Crippen LogP contribution < -0.4 is 0 Å². The number of fused-ring (bicyclic) bond motifs is 1. The molecule has 0 unspecified atom stereocenters. The van der Waals surface area contributed by atoms with Crippen LogP contribution in [-0.2, 0) is 4.74 Å². The minimum Gasteiger partial charge on any atom is -0.464 e. The highest BCUT2D eigenvalue weighted by Crippen LogP contribution is 2.20. The van der Waals surface area contributed by atoms with E-state index in [1.54, 1.807) is 6.07 Å². The highest BCUT2D eigenvalue weighted by atomic mass is 79.9. The van der Waals surface area contributed by atoms with Crippen LogP contribution >= 0.6 is 15.9 Å². The van der Waals surface area contributed by atoms with Gasteiger partial charge in [0.1, 0.15) is 15.8 Å². The Balaban J connectivity index is 2.60. The minimum atomic E-state index is -0.458. The summed E-state index contributed by atoms with van der Waals surface area (Å²) < 4.78 is 5.28. The van der Waals surface area contributed by atoms with Gasteiger partial charge in [0.15, 0.2) is 0 Å². The number of aromatic amines is 1. The number of hydrogen-bond acceptors (Lipinski definition) is 4. The summed E-state index contributed by atoms with van der Waals surface area (Å²) in [7, 11) is 1.32. The lowest BCUT2D eigenvalue weighted by molar-refractivity contribution is 0.0594. The van der Waals surface area contributed by atoms with Crippen LogP contribution in [0.15, 0.2) is 16.9 Å². The van der Waals surface area contributed by atoms with Gasteiger partial charge in [-0.15, -0.1) is 0 Å². The van der Waals surface area contributed by atoms with Crippen molar-refractivity contribution in [3.05, 3.63) is 22.6 Å². The van der Waals surface area contributed by atoms with Gasteiger partial charge in [-0.1, -0.05) is 0 Å². The molecule has 5 nitrogen and oxygen atoms in total. The topological polar surface area (TPSA) is 67.9 Å². The number of H-pyrrole nitrogens is 1. The number of nitrogens with zero attached hydrogens (tertiary/aromatic N) is 2. The number of carbonyl (C=O) groups excluding carboxylic acids is 1. The number of hydrogen-bond donors (Lipinski definition) is 1. The molecule has 0 bridgehead atoms. The Bertz CT molecular complexity index is 494. The van der Waals surface area contributed by atoms with Crippen molar-refractivity contribution in [2.24, 2.45) is 0 Å². The lowest BCUT2D eigenvalue weighted by Gasteiger charge is -1.96. The quantitative estimate of drug-likeness (QED) is 0.785. The maximum Gasteiger partial charge on any atom is 0.356 e. The van der Waals surface area contributed by atoms with Crippen LogP contribution in [0.1, 0.15) is 10.5 Å². The average molecular weight is 256 g/mol. The van der Waals surface area contributed by atoms with E-state index in [-0.39, 0.29) is 5.69 Å². The predicted molar refractivity (Wildman–Crippen MR) is 52.9 cm³/mol. The van der Waals surface area contributed by atoms with Gasteiger partial charge < -0.3 is 4.74 Å². The third kappa shape index (κ3) is 1.37. The van der Waals surface area contributed by atoms with E-state index in [0.29, 0.717) is 5.52 Å². The van der Waals surface area contributed by atoms with Crippen molar-refractivity contribution < 1.29 is 9.53 Å². The molecule has 14 heavy (non-hydrogen) atoms. The number of ether oxygens (including phenoxy) is 1. The van der Waals surface area contributed by atoms with Gasteiger partial charge >= 0.3 is 5.97 Å². The molecule has 0 amide bonds. The molecule has 0 fully saturated rings. The Morgan fingerprint density at radius 1 is 1.64 bits per heavy atom. The summed E-state index contributed by atoms with van der Waals surface area (Å²) in [5, 5.41) is 7.50. The predicted octanol–water partition coefficient (Wildman–Crippen LogP) is 1.51. The molecule has 0 saturated carbocycles. The monoisotopic (exact) mass is 255 g/mol. The molecule has 0 radical (unpaired) electrons. The van der Waals surface area contributed by atoms with E-state index in [9.17, 15) is 4.79 Å². The first-order chi connectivity index (χ1) is 6.72. The Labute approximate surface area is 87.6 Å². The van der Waals surface area contributed by atoms with E-state index < -0.39 is 5.97 Å². The van der Waals surface area contributed by atoms with Crippen molar-refractivity contribution in [3.63, 3.8) is 0 Å². The third-order valence-corrected chi connectivity index (χ3v) is 2.39. The second kappa shape index (κ2) is 3.38. The zero-order valence-electron chi connectivity index (χ0n) is 7.24. The highest BCUT2D eigenvalue weighted by Gasteiger charge is 2.10. The Morgan fingerprint density at radius 3 is 3.14 bits per heavy atom. The number of methoxy groups -OCH3 is 1. The maximum atomic E-state index is 11.2. The van der Waals surface area contributed by atoms with Gasteiger partial charge in [0.25, 0.3) is 0 Å². The molecule has 0 saturated heterocycles. The van der Waals surface area contributed by atoms with Gasteiger partial charge in [-0.05, 0) is 22.0 Å². The molecular weight excluding hydrogens is 250 g/mol. The summed E-state index contributed by atoms with van der Waals surface area (Å²) in [6.45, 7) is 0. The summed E-state index contributed by atoms with van der Waals surface area (Å²) in [6, 6.07) is 1.62. The lowest BCUT2D eigenvalue weighted by Crippen LogP contribution is -2.03. The number of pyridine rings is 1. The van der Waals surface area contributed by atoms with Crippen LogP contribution in [0.2, 0.25) is 0 Å². The summed E-state index contributed by atoms with van der Waals surface area (Å²) in [4.78, 5) is 15.1. The summed E-state index contributed by atoms with van der Waals surface area (Å²) in [5.41, 5.74) is 0.964. The van der Waals surface area contributed by atoms with Gasteiger partial charge in [0, 0.05) is 5.39 Å². The molecule has 2 aromatic rings. The first-order valence-electron chi connectivity index (χ1n) is 3.80. The standard InChI is InChI=1S/C8H6BrN3O2/c1-14-8(13)5-2-4-6(3-10-5)11-12-7(4)9/h2-3H,1H3,(H,11,12). The first-order valence-corrected chi connectivity index (χ1v) is 4.59. The van der Waals surface area contributed by atoms with E-state index in [1.807, 2.05) is 0 Å². The number of nitrogens with one attached hydrogen (secondary N) is 1. The third-order valence-electron chi connectivity index (χ3n) is 1.79. The maximum absolute atomic E-state index is 11.2. The van der Waals surface area contributed by atoms with E-state index in [4.69, 9.17) is 0 Å². The number of esters is 1. The fourth-order valence-corrected chi connectivity index (χ4v) is 1.51. The van der Waals surface area contributed by atoms with Gasteiger partial charge in [0.05, 0.1) is 13.3 Å². The van der Waals surface area contributed by atoms with Crippen molar-refractivity contribution in [3.8, 4) is 0 Å². The van der Waals surface area contributed by atoms with Gasteiger partial charge in [0.2, 0.25) is 0 Å². The first kappa shape index (κ1) is 9.14. The minimum absolute atomic E-state index is 0.266. The van der Waals surface area contributed by atoms with Crippen LogP contribution in [0.5, 0.6) is 0 Å². The molecule has 0 spiro atoms.